The summed E-state index contributed by atoms with van der Waals surface area (Å²) >= 11 is 0. The second kappa shape index (κ2) is 3.51. The Morgan fingerprint density at radius 1 is 1.46 bits per heavy atom. The molecule has 70 valence electrons. The van der Waals surface area contributed by atoms with Crippen LogP contribution >= 0.6 is 0 Å². The van der Waals surface area contributed by atoms with Gasteiger partial charge in [-0.25, -0.2) is 0 Å². The summed E-state index contributed by atoms with van der Waals surface area (Å²) in [4.78, 5) is 0. The number of nitrogens with two attached hydrogens (primary N) is 1. The Hall–Kier alpha value is -0.820. The van der Waals surface area contributed by atoms with Gasteiger partial charge in [0.2, 0.25) is 0 Å². The summed E-state index contributed by atoms with van der Waals surface area (Å²) in [5.41, 5.74) is 10.5. The van der Waals surface area contributed by atoms with Crippen molar-refractivity contribution in [3.63, 3.8) is 0 Å². The lowest BCUT2D eigenvalue weighted by Gasteiger charge is -2.23. The fraction of sp³-hybridized carbons (Fsp3) is 0.500. The summed E-state index contributed by atoms with van der Waals surface area (Å²) in [5.74, 6) is 0. The van der Waals surface area contributed by atoms with Crippen molar-refractivity contribution >= 4 is 0 Å². The van der Waals surface area contributed by atoms with Crippen LogP contribution in [0.5, 0.6) is 0 Å². The largest absolute Gasteiger partial charge is 0.327 e. The molecule has 0 spiro atoms. The van der Waals surface area contributed by atoms with Crippen molar-refractivity contribution in [2.45, 2.75) is 38.6 Å². The predicted octanol–water partition coefficient (Wildman–Crippen LogP) is 2.06. The number of aryl methyl sites for hydroxylation is 2. The number of fused-ring (bicyclic) bond motifs is 1. The van der Waals surface area contributed by atoms with Crippen LogP contribution < -0.4 is 5.73 Å². The van der Waals surface area contributed by atoms with Crippen molar-refractivity contribution in [1.82, 2.24) is 0 Å². The molecule has 0 saturated heterocycles. The van der Waals surface area contributed by atoms with Gasteiger partial charge >= 0.3 is 0 Å². The fourth-order valence-corrected chi connectivity index (χ4v) is 2.22. The van der Waals surface area contributed by atoms with E-state index in [0.717, 1.165) is 19.3 Å². The third-order valence-corrected chi connectivity index (χ3v) is 3.00. The zero-order chi connectivity index (χ0) is 9.26. The highest BCUT2D eigenvalue weighted by atomic mass is 14.6. The maximum atomic E-state index is 5.97. The van der Waals surface area contributed by atoms with Crippen LogP contribution in [0.25, 0.3) is 0 Å². The van der Waals surface area contributed by atoms with E-state index in [9.17, 15) is 0 Å². The first-order chi connectivity index (χ1) is 6.31. The number of hydrogen-bond acceptors (Lipinski definition) is 1. The van der Waals surface area contributed by atoms with Gasteiger partial charge in [-0.15, -0.1) is 0 Å². The minimum Gasteiger partial charge on any atom is -0.327 e. The third kappa shape index (κ3) is 1.61. The van der Waals surface area contributed by atoms with Crippen LogP contribution in [-0.4, -0.2) is 6.04 Å². The maximum Gasteiger partial charge on any atom is 0.00826 e. The Labute approximate surface area is 80.0 Å². The Morgan fingerprint density at radius 3 is 3.08 bits per heavy atom. The molecule has 0 aliphatic heterocycles. The Bertz CT molecular complexity index is 290. The average Bonchev–Trinajstić information content (AvgIpc) is 2.17. The van der Waals surface area contributed by atoms with Crippen LogP contribution in [0.4, 0.5) is 0 Å². The van der Waals surface area contributed by atoms with Crippen LogP contribution in [0.2, 0.25) is 0 Å². The SMILES string of the molecule is CCc1cccc2c1CC(N)CC2. The highest BCUT2D eigenvalue weighted by molar-refractivity contribution is 5.37. The van der Waals surface area contributed by atoms with E-state index in [0.29, 0.717) is 6.04 Å². The standard InChI is InChI=1S/C12H17N/c1-2-9-4-3-5-10-6-7-11(13)8-12(9)10/h3-5,11H,2,6-8,13H2,1H3. The van der Waals surface area contributed by atoms with Crippen LogP contribution in [0.1, 0.15) is 30.0 Å². The number of hydrogen-bond donors (Lipinski definition) is 1. The molecule has 0 aromatic heterocycles. The first-order valence-electron chi connectivity index (χ1n) is 5.16. The Balaban J connectivity index is 2.41. The number of rotatable bonds is 1. The summed E-state index contributed by atoms with van der Waals surface area (Å²) in [7, 11) is 0. The monoisotopic (exact) mass is 175 g/mol. The second-order valence-corrected chi connectivity index (χ2v) is 3.91. The first-order valence-corrected chi connectivity index (χ1v) is 5.16. The van der Waals surface area contributed by atoms with E-state index in [-0.39, 0.29) is 0 Å². The van der Waals surface area contributed by atoms with Crippen molar-refractivity contribution < 1.29 is 0 Å². The van der Waals surface area contributed by atoms with Crippen molar-refractivity contribution in [3.8, 4) is 0 Å². The molecule has 1 nitrogen and oxygen atoms in total. The average molecular weight is 175 g/mol. The van der Waals surface area contributed by atoms with Gasteiger partial charge in [-0.05, 0) is 42.4 Å². The molecule has 0 fully saturated rings. The van der Waals surface area contributed by atoms with E-state index in [1.54, 1.807) is 0 Å². The van der Waals surface area contributed by atoms with Gasteiger partial charge in [0.05, 0.1) is 0 Å². The summed E-state index contributed by atoms with van der Waals surface area (Å²) in [6, 6.07) is 7.05. The lowest BCUT2D eigenvalue weighted by Crippen LogP contribution is -2.28. The highest BCUT2D eigenvalue weighted by Crippen LogP contribution is 2.24. The van der Waals surface area contributed by atoms with Gasteiger partial charge in [0, 0.05) is 6.04 Å². The normalized spacial score (nSPS) is 21.2. The maximum absolute atomic E-state index is 5.97. The number of benzene rings is 1. The lowest BCUT2D eigenvalue weighted by molar-refractivity contribution is 0.573. The molecule has 1 heteroatoms. The van der Waals surface area contributed by atoms with Gasteiger partial charge in [-0.3, -0.25) is 0 Å². The van der Waals surface area contributed by atoms with Gasteiger partial charge in [0.1, 0.15) is 0 Å². The molecule has 1 aromatic carbocycles. The zero-order valence-electron chi connectivity index (χ0n) is 8.22. The molecule has 1 aromatic rings. The van der Waals surface area contributed by atoms with E-state index < -0.39 is 0 Å². The molecule has 1 aliphatic rings. The van der Waals surface area contributed by atoms with Crippen LogP contribution in [0.3, 0.4) is 0 Å². The third-order valence-electron chi connectivity index (χ3n) is 3.00. The first kappa shape index (κ1) is 8.76. The smallest absolute Gasteiger partial charge is 0.00826 e. The van der Waals surface area contributed by atoms with Gasteiger partial charge < -0.3 is 5.73 Å². The molecule has 0 amide bonds. The molecule has 13 heavy (non-hydrogen) atoms. The fourth-order valence-electron chi connectivity index (χ4n) is 2.22. The summed E-state index contributed by atoms with van der Waals surface area (Å²) in [5, 5.41) is 0. The van der Waals surface area contributed by atoms with Crippen LogP contribution in [0.15, 0.2) is 18.2 Å². The van der Waals surface area contributed by atoms with E-state index in [1.807, 2.05) is 0 Å². The van der Waals surface area contributed by atoms with E-state index in [1.165, 1.54) is 23.1 Å². The summed E-state index contributed by atoms with van der Waals surface area (Å²) in [6.45, 7) is 2.22. The summed E-state index contributed by atoms with van der Waals surface area (Å²) < 4.78 is 0. The molecule has 0 heterocycles. The van der Waals surface area contributed by atoms with Gasteiger partial charge in [-0.2, -0.15) is 0 Å². The molecule has 2 rings (SSSR count). The summed E-state index contributed by atoms with van der Waals surface area (Å²) in [6.07, 6.45) is 4.54. The van der Waals surface area contributed by atoms with Crippen molar-refractivity contribution in [2.75, 3.05) is 0 Å². The van der Waals surface area contributed by atoms with Gasteiger partial charge in [-0.1, -0.05) is 25.1 Å². The molecular formula is C12H17N. The van der Waals surface area contributed by atoms with Crippen molar-refractivity contribution in [3.05, 3.63) is 34.9 Å². The topological polar surface area (TPSA) is 26.0 Å². The molecule has 0 bridgehead atoms. The Morgan fingerprint density at radius 2 is 2.31 bits per heavy atom. The lowest BCUT2D eigenvalue weighted by atomic mass is 9.85. The Kier molecular flexibility index (Phi) is 2.36. The van der Waals surface area contributed by atoms with Crippen LogP contribution in [-0.2, 0) is 19.3 Å². The van der Waals surface area contributed by atoms with Crippen molar-refractivity contribution in [2.24, 2.45) is 5.73 Å². The molecule has 0 saturated carbocycles. The van der Waals surface area contributed by atoms with Crippen LogP contribution in [0, 0.1) is 0 Å². The second-order valence-electron chi connectivity index (χ2n) is 3.91. The molecule has 1 unspecified atom stereocenters. The molecule has 0 radical (unpaired) electrons. The van der Waals surface area contributed by atoms with Gasteiger partial charge in [0.25, 0.3) is 0 Å². The molecule has 1 aliphatic carbocycles. The van der Waals surface area contributed by atoms with E-state index in [4.69, 9.17) is 5.73 Å². The van der Waals surface area contributed by atoms with E-state index >= 15 is 0 Å². The van der Waals surface area contributed by atoms with E-state index in [2.05, 4.69) is 25.1 Å². The minimum absolute atomic E-state index is 0.389. The zero-order valence-corrected chi connectivity index (χ0v) is 8.22. The van der Waals surface area contributed by atoms with Crippen molar-refractivity contribution in [1.29, 1.82) is 0 Å². The minimum atomic E-state index is 0.389. The highest BCUT2D eigenvalue weighted by Gasteiger charge is 2.16. The van der Waals surface area contributed by atoms with Gasteiger partial charge in [0.15, 0.2) is 0 Å². The molecular weight excluding hydrogens is 158 g/mol. The quantitative estimate of drug-likeness (QED) is 0.694. The molecule has 1 atom stereocenters. The molecule has 2 N–H and O–H groups in total. The predicted molar refractivity (Wildman–Crippen MR) is 55.8 cm³/mol.